The second-order valence-electron chi connectivity index (χ2n) is 4.75. The molecule has 0 amide bonds. The number of nitrogens with zero attached hydrogens (tertiary/aromatic N) is 1. The molecule has 0 aromatic carbocycles. The van der Waals surface area contributed by atoms with Gasteiger partial charge in [-0.05, 0) is 25.2 Å². The second-order valence-corrected chi connectivity index (χ2v) is 4.75. The molecule has 0 unspecified atom stereocenters. The van der Waals surface area contributed by atoms with Gasteiger partial charge in [0.2, 0.25) is 0 Å². The summed E-state index contributed by atoms with van der Waals surface area (Å²) in [4.78, 5) is 2.00. The van der Waals surface area contributed by atoms with Crippen LogP contribution < -0.4 is 5.32 Å². The quantitative estimate of drug-likeness (QED) is 0.407. The van der Waals surface area contributed by atoms with E-state index in [9.17, 15) is 0 Å². The molecule has 1 heterocycles. The van der Waals surface area contributed by atoms with Gasteiger partial charge in [-0.2, -0.15) is 0 Å². The van der Waals surface area contributed by atoms with E-state index in [4.69, 9.17) is 10.8 Å². The molecule has 1 aliphatic heterocycles. The number of piperidine rings is 1. The Morgan fingerprint density at radius 1 is 1.21 bits per heavy atom. The minimum Gasteiger partial charge on any atom is -0.343 e. The van der Waals surface area contributed by atoms with Crippen molar-refractivity contribution >= 4 is 11.8 Å². The molecule has 0 atom stereocenters. The Bertz CT molecular complexity index is 235. The smallest absolute Gasteiger partial charge is 0.196 e. The first kappa shape index (κ1) is 11.0. The minimum atomic E-state index is 0.333. The fourth-order valence-electron chi connectivity index (χ4n) is 1.59. The lowest BCUT2D eigenvalue weighted by atomic mass is 9.83. The lowest BCUT2D eigenvalue weighted by Gasteiger charge is -2.37. The maximum Gasteiger partial charge on any atom is 0.196 e. The van der Waals surface area contributed by atoms with E-state index in [2.05, 4.69) is 19.2 Å². The number of amidine groups is 1. The molecule has 1 rings (SSSR count). The van der Waals surface area contributed by atoms with Gasteiger partial charge < -0.3 is 10.2 Å². The van der Waals surface area contributed by atoms with E-state index < -0.39 is 0 Å². The van der Waals surface area contributed by atoms with Gasteiger partial charge in [0.05, 0.1) is 5.84 Å². The Labute approximate surface area is 85.7 Å². The molecule has 0 bridgehead atoms. The molecular formula is C10H20N4. The first-order valence-corrected chi connectivity index (χ1v) is 5.06. The van der Waals surface area contributed by atoms with E-state index in [1.807, 2.05) is 4.90 Å². The standard InChI is InChI=1S/C10H20N4/c1-8(11)13-9(12)14-6-4-10(2,3)5-7-14/h4-7H2,1-3H3,(H3,11,12,13). The van der Waals surface area contributed by atoms with E-state index in [1.54, 1.807) is 6.92 Å². The predicted molar refractivity (Wildman–Crippen MR) is 58.9 cm³/mol. The highest BCUT2D eigenvalue weighted by atomic mass is 15.3. The fraction of sp³-hybridized carbons (Fsp3) is 0.800. The highest BCUT2D eigenvalue weighted by Crippen LogP contribution is 2.29. The number of rotatable bonds is 0. The van der Waals surface area contributed by atoms with Crippen molar-refractivity contribution in [2.75, 3.05) is 13.1 Å². The molecule has 0 saturated carbocycles. The monoisotopic (exact) mass is 196 g/mol. The van der Waals surface area contributed by atoms with Crippen molar-refractivity contribution in [1.29, 1.82) is 10.8 Å². The van der Waals surface area contributed by atoms with Crippen molar-refractivity contribution < 1.29 is 0 Å². The molecule has 0 radical (unpaired) electrons. The molecule has 4 nitrogen and oxygen atoms in total. The third kappa shape index (κ3) is 3.01. The summed E-state index contributed by atoms with van der Waals surface area (Å²) in [6, 6.07) is 0. The predicted octanol–water partition coefficient (Wildman–Crippen LogP) is 1.63. The largest absolute Gasteiger partial charge is 0.343 e. The van der Waals surface area contributed by atoms with Crippen LogP contribution in [0.25, 0.3) is 0 Å². The van der Waals surface area contributed by atoms with Gasteiger partial charge in [-0.3, -0.25) is 10.8 Å². The summed E-state index contributed by atoms with van der Waals surface area (Å²) in [7, 11) is 0. The molecule has 14 heavy (non-hydrogen) atoms. The van der Waals surface area contributed by atoms with Gasteiger partial charge in [0.25, 0.3) is 0 Å². The van der Waals surface area contributed by atoms with Crippen LogP contribution in [0.1, 0.15) is 33.6 Å². The molecule has 1 aliphatic rings. The topological polar surface area (TPSA) is 63.0 Å². The Hall–Kier alpha value is -1.06. The van der Waals surface area contributed by atoms with Crippen LogP contribution in [0.3, 0.4) is 0 Å². The maximum atomic E-state index is 7.72. The summed E-state index contributed by atoms with van der Waals surface area (Å²) in [5.41, 5.74) is 0.413. The van der Waals surface area contributed by atoms with Crippen LogP contribution in [0.2, 0.25) is 0 Å². The van der Waals surface area contributed by atoms with E-state index in [0.29, 0.717) is 17.2 Å². The van der Waals surface area contributed by atoms with Crippen molar-refractivity contribution in [2.45, 2.75) is 33.6 Å². The lowest BCUT2D eigenvalue weighted by Crippen LogP contribution is -2.47. The van der Waals surface area contributed by atoms with Gasteiger partial charge in [0.15, 0.2) is 5.96 Å². The molecule has 0 aliphatic carbocycles. The molecule has 0 aromatic heterocycles. The number of guanidine groups is 1. The zero-order valence-corrected chi connectivity index (χ0v) is 9.28. The van der Waals surface area contributed by atoms with Crippen LogP contribution in [0.4, 0.5) is 0 Å². The molecular weight excluding hydrogens is 176 g/mol. The van der Waals surface area contributed by atoms with E-state index >= 15 is 0 Å². The van der Waals surface area contributed by atoms with Crippen LogP contribution in [0, 0.1) is 16.2 Å². The third-order valence-electron chi connectivity index (χ3n) is 2.74. The Morgan fingerprint density at radius 3 is 2.14 bits per heavy atom. The van der Waals surface area contributed by atoms with E-state index in [-0.39, 0.29) is 0 Å². The zero-order chi connectivity index (χ0) is 10.8. The number of hydrogen-bond donors (Lipinski definition) is 3. The average Bonchev–Trinajstić information content (AvgIpc) is 2.02. The molecule has 0 aromatic rings. The SMILES string of the molecule is CC(=N)NC(=N)N1CCC(C)(C)CC1. The van der Waals surface area contributed by atoms with Crippen molar-refractivity contribution in [2.24, 2.45) is 5.41 Å². The number of nitrogens with one attached hydrogen (secondary N) is 3. The van der Waals surface area contributed by atoms with Crippen molar-refractivity contribution in [3.63, 3.8) is 0 Å². The Balaban J connectivity index is 2.42. The highest BCUT2D eigenvalue weighted by molar-refractivity contribution is 5.95. The number of hydrogen-bond acceptors (Lipinski definition) is 2. The zero-order valence-electron chi connectivity index (χ0n) is 9.28. The van der Waals surface area contributed by atoms with Crippen molar-refractivity contribution in [1.82, 2.24) is 10.2 Å². The van der Waals surface area contributed by atoms with Crippen molar-refractivity contribution in [3.05, 3.63) is 0 Å². The van der Waals surface area contributed by atoms with Crippen LogP contribution >= 0.6 is 0 Å². The van der Waals surface area contributed by atoms with Crippen LogP contribution in [0.5, 0.6) is 0 Å². The fourth-order valence-corrected chi connectivity index (χ4v) is 1.59. The summed E-state index contributed by atoms with van der Waals surface area (Å²) in [6.45, 7) is 8.03. The van der Waals surface area contributed by atoms with Crippen LogP contribution in [0.15, 0.2) is 0 Å². The Morgan fingerprint density at radius 2 is 1.71 bits per heavy atom. The van der Waals surface area contributed by atoms with Crippen LogP contribution in [-0.2, 0) is 0 Å². The molecule has 1 saturated heterocycles. The maximum absolute atomic E-state index is 7.72. The van der Waals surface area contributed by atoms with Crippen LogP contribution in [-0.4, -0.2) is 29.8 Å². The van der Waals surface area contributed by atoms with Gasteiger partial charge in [-0.15, -0.1) is 0 Å². The average molecular weight is 196 g/mol. The van der Waals surface area contributed by atoms with Gasteiger partial charge >= 0.3 is 0 Å². The summed E-state index contributed by atoms with van der Waals surface area (Å²) >= 11 is 0. The molecule has 80 valence electrons. The summed E-state index contributed by atoms with van der Waals surface area (Å²) in [5, 5.41) is 17.7. The summed E-state index contributed by atoms with van der Waals surface area (Å²) in [6.07, 6.45) is 2.24. The van der Waals surface area contributed by atoms with E-state index in [0.717, 1.165) is 25.9 Å². The third-order valence-corrected chi connectivity index (χ3v) is 2.74. The first-order chi connectivity index (χ1) is 6.41. The molecule has 4 heteroatoms. The summed E-state index contributed by atoms with van der Waals surface area (Å²) < 4.78 is 0. The first-order valence-electron chi connectivity index (χ1n) is 5.06. The Kier molecular flexibility index (Phi) is 3.13. The molecule has 1 fully saturated rings. The highest BCUT2D eigenvalue weighted by Gasteiger charge is 2.26. The lowest BCUT2D eigenvalue weighted by molar-refractivity contribution is 0.186. The number of likely N-dealkylation sites (tertiary alicyclic amines) is 1. The summed E-state index contributed by atoms with van der Waals surface area (Å²) in [5.74, 6) is 0.702. The normalized spacial score (nSPS) is 20.4. The molecule has 3 N–H and O–H groups in total. The second kappa shape index (κ2) is 3.98. The van der Waals surface area contributed by atoms with Gasteiger partial charge in [-0.1, -0.05) is 13.8 Å². The minimum absolute atomic E-state index is 0.333. The van der Waals surface area contributed by atoms with Gasteiger partial charge in [0, 0.05) is 13.1 Å². The van der Waals surface area contributed by atoms with Crippen molar-refractivity contribution in [3.8, 4) is 0 Å². The van der Waals surface area contributed by atoms with E-state index in [1.165, 1.54) is 0 Å². The molecule has 0 spiro atoms. The van der Waals surface area contributed by atoms with Gasteiger partial charge in [-0.25, -0.2) is 0 Å². The van der Waals surface area contributed by atoms with Gasteiger partial charge in [0.1, 0.15) is 0 Å².